The first-order chi connectivity index (χ1) is 13.9. The maximum Gasteiger partial charge on any atom is 0.122 e. The van der Waals surface area contributed by atoms with Gasteiger partial charge in [-0.3, -0.25) is 0 Å². The van der Waals surface area contributed by atoms with Gasteiger partial charge >= 0.3 is 0 Å². The van der Waals surface area contributed by atoms with Gasteiger partial charge in [-0.05, 0) is 35.4 Å². The molecule has 2 atom stereocenters. The molecule has 28 heavy (non-hydrogen) atoms. The predicted octanol–water partition coefficient (Wildman–Crippen LogP) is 5.23. The van der Waals surface area contributed by atoms with Crippen LogP contribution < -0.4 is 10.6 Å². The lowest BCUT2D eigenvalue weighted by Gasteiger charge is -2.26. The standard InChI is InChI=1S/C24H24N2O2/c1-3-9-19(10-4-1)17-25-23(21-13-7-15-27-21)24(22-14-8-16-28-22)26-18-20-11-5-2-6-12-20/h1-16,23-26H,17-18H2. The summed E-state index contributed by atoms with van der Waals surface area (Å²) in [6.07, 6.45) is 3.42. The molecule has 4 aromatic rings. The molecule has 4 rings (SSSR count). The fourth-order valence-electron chi connectivity index (χ4n) is 3.35. The van der Waals surface area contributed by atoms with E-state index in [0.29, 0.717) is 0 Å². The Hall–Kier alpha value is -3.08. The summed E-state index contributed by atoms with van der Waals surface area (Å²) in [7, 11) is 0. The van der Waals surface area contributed by atoms with Gasteiger partial charge in [0.05, 0.1) is 24.6 Å². The Bertz CT molecular complexity index is 840. The number of benzene rings is 2. The molecule has 142 valence electrons. The molecule has 0 amide bonds. The van der Waals surface area contributed by atoms with E-state index in [-0.39, 0.29) is 12.1 Å². The zero-order valence-corrected chi connectivity index (χ0v) is 15.6. The highest BCUT2D eigenvalue weighted by molar-refractivity contribution is 5.20. The van der Waals surface area contributed by atoms with E-state index in [1.165, 1.54) is 11.1 Å². The van der Waals surface area contributed by atoms with E-state index in [1.54, 1.807) is 12.5 Å². The average Bonchev–Trinajstić information content (AvgIpc) is 3.46. The van der Waals surface area contributed by atoms with Gasteiger partial charge in [-0.25, -0.2) is 0 Å². The van der Waals surface area contributed by atoms with Gasteiger partial charge in [0, 0.05) is 13.1 Å². The molecule has 0 radical (unpaired) electrons. The first-order valence-electron chi connectivity index (χ1n) is 9.51. The molecule has 0 saturated carbocycles. The molecule has 0 saturated heterocycles. The second-order valence-corrected chi connectivity index (χ2v) is 6.72. The van der Waals surface area contributed by atoms with Crippen molar-refractivity contribution >= 4 is 0 Å². The van der Waals surface area contributed by atoms with Crippen LogP contribution in [0.1, 0.15) is 34.7 Å². The Kier molecular flexibility index (Phi) is 6.02. The molecule has 2 aromatic carbocycles. The minimum Gasteiger partial charge on any atom is -0.468 e. The Morgan fingerprint density at radius 2 is 0.964 bits per heavy atom. The number of hydrogen-bond donors (Lipinski definition) is 2. The molecule has 0 aliphatic carbocycles. The Balaban J connectivity index is 1.57. The fraction of sp³-hybridized carbons (Fsp3) is 0.167. The van der Waals surface area contributed by atoms with E-state index in [1.807, 2.05) is 36.4 Å². The summed E-state index contributed by atoms with van der Waals surface area (Å²) in [6.45, 7) is 1.47. The van der Waals surface area contributed by atoms with Crippen molar-refractivity contribution in [3.05, 3.63) is 120 Å². The van der Waals surface area contributed by atoms with Crippen LogP contribution in [-0.2, 0) is 13.1 Å². The van der Waals surface area contributed by atoms with E-state index in [4.69, 9.17) is 8.83 Å². The van der Waals surface area contributed by atoms with Gasteiger partial charge < -0.3 is 19.5 Å². The van der Waals surface area contributed by atoms with E-state index < -0.39 is 0 Å². The minimum absolute atomic E-state index is 0.0786. The third-order valence-electron chi connectivity index (χ3n) is 4.77. The monoisotopic (exact) mass is 372 g/mol. The number of hydrogen-bond acceptors (Lipinski definition) is 4. The summed E-state index contributed by atoms with van der Waals surface area (Å²) in [5, 5.41) is 7.29. The smallest absolute Gasteiger partial charge is 0.122 e. The van der Waals surface area contributed by atoms with E-state index >= 15 is 0 Å². The van der Waals surface area contributed by atoms with Crippen LogP contribution >= 0.6 is 0 Å². The molecule has 0 fully saturated rings. The van der Waals surface area contributed by atoms with Crippen LogP contribution in [0.4, 0.5) is 0 Å². The topological polar surface area (TPSA) is 50.3 Å². The van der Waals surface area contributed by atoms with E-state index in [9.17, 15) is 0 Å². The molecular weight excluding hydrogens is 348 g/mol. The lowest BCUT2D eigenvalue weighted by Crippen LogP contribution is -2.34. The second-order valence-electron chi connectivity index (χ2n) is 6.72. The lowest BCUT2D eigenvalue weighted by atomic mass is 10.0. The van der Waals surface area contributed by atoms with Crippen LogP contribution in [0.15, 0.2) is 106 Å². The summed E-state index contributed by atoms with van der Waals surface area (Å²) < 4.78 is 11.5. The first-order valence-corrected chi connectivity index (χ1v) is 9.51. The first kappa shape index (κ1) is 18.3. The molecule has 2 heterocycles. The largest absolute Gasteiger partial charge is 0.468 e. The van der Waals surface area contributed by atoms with Gasteiger partial charge in [-0.15, -0.1) is 0 Å². The third-order valence-corrected chi connectivity index (χ3v) is 4.77. The zero-order chi connectivity index (χ0) is 19.0. The molecule has 0 aliphatic heterocycles. The summed E-state index contributed by atoms with van der Waals surface area (Å²) in [4.78, 5) is 0. The maximum absolute atomic E-state index is 5.77. The Morgan fingerprint density at radius 1 is 0.536 bits per heavy atom. The molecule has 0 bridgehead atoms. The summed E-state index contributed by atoms with van der Waals surface area (Å²) in [6, 6.07) is 28.4. The molecule has 0 aliphatic rings. The SMILES string of the molecule is c1ccc(CNC(c2ccco2)C(NCc2ccccc2)c2ccco2)cc1. The van der Waals surface area contributed by atoms with Crippen LogP contribution in [-0.4, -0.2) is 0 Å². The summed E-state index contributed by atoms with van der Waals surface area (Å²) >= 11 is 0. The van der Waals surface area contributed by atoms with E-state index in [2.05, 4.69) is 59.2 Å². The van der Waals surface area contributed by atoms with Crippen LogP contribution in [0.5, 0.6) is 0 Å². The molecular formula is C24H24N2O2. The molecule has 2 aromatic heterocycles. The second kappa shape index (κ2) is 9.22. The van der Waals surface area contributed by atoms with Crippen molar-refractivity contribution in [1.29, 1.82) is 0 Å². The average molecular weight is 372 g/mol. The molecule has 2 N–H and O–H groups in total. The van der Waals surface area contributed by atoms with Gasteiger partial charge in [0.2, 0.25) is 0 Å². The van der Waals surface area contributed by atoms with Crippen molar-refractivity contribution < 1.29 is 8.83 Å². The maximum atomic E-state index is 5.77. The van der Waals surface area contributed by atoms with Gasteiger partial charge in [-0.1, -0.05) is 60.7 Å². The van der Waals surface area contributed by atoms with Crippen LogP contribution in [0, 0.1) is 0 Å². The van der Waals surface area contributed by atoms with Gasteiger partial charge in [0.25, 0.3) is 0 Å². The summed E-state index contributed by atoms with van der Waals surface area (Å²) in [5.41, 5.74) is 2.45. The highest BCUT2D eigenvalue weighted by Gasteiger charge is 2.28. The minimum atomic E-state index is -0.0786. The predicted molar refractivity (Wildman–Crippen MR) is 109 cm³/mol. The van der Waals surface area contributed by atoms with Gasteiger partial charge in [0.1, 0.15) is 11.5 Å². The van der Waals surface area contributed by atoms with Gasteiger partial charge in [0.15, 0.2) is 0 Å². The third kappa shape index (κ3) is 4.60. The number of nitrogens with one attached hydrogen (secondary N) is 2. The molecule has 2 unspecified atom stereocenters. The fourth-order valence-corrected chi connectivity index (χ4v) is 3.35. The quantitative estimate of drug-likeness (QED) is 0.422. The molecule has 4 nitrogen and oxygen atoms in total. The molecule has 0 spiro atoms. The van der Waals surface area contributed by atoms with Gasteiger partial charge in [-0.2, -0.15) is 0 Å². The highest BCUT2D eigenvalue weighted by Crippen LogP contribution is 2.30. The Labute approximate surface area is 165 Å². The Morgan fingerprint density at radius 3 is 1.32 bits per heavy atom. The van der Waals surface area contributed by atoms with Crippen LogP contribution in [0.3, 0.4) is 0 Å². The van der Waals surface area contributed by atoms with Crippen molar-refractivity contribution in [2.75, 3.05) is 0 Å². The van der Waals surface area contributed by atoms with Crippen molar-refractivity contribution in [3.63, 3.8) is 0 Å². The number of rotatable bonds is 9. The normalized spacial score (nSPS) is 13.3. The van der Waals surface area contributed by atoms with Crippen molar-refractivity contribution in [3.8, 4) is 0 Å². The van der Waals surface area contributed by atoms with Crippen LogP contribution in [0.25, 0.3) is 0 Å². The highest BCUT2D eigenvalue weighted by atomic mass is 16.3. The van der Waals surface area contributed by atoms with E-state index in [0.717, 1.165) is 24.6 Å². The van der Waals surface area contributed by atoms with Crippen molar-refractivity contribution in [1.82, 2.24) is 10.6 Å². The zero-order valence-electron chi connectivity index (χ0n) is 15.6. The molecule has 4 heteroatoms. The lowest BCUT2D eigenvalue weighted by molar-refractivity contribution is 0.291. The number of furan rings is 2. The van der Waals surface area contributed by atoms with Crippen molar-refractivity contribution in [2.24, 2.45) is 0 Å². The summed E-state index contributed by atoms with van der Waals surface area (Å²) in [5.74, 6) is 1.75. The van der Waals surface area contributed by atoms with Crippen molar-refractivity contribution in [2.45, 2.75) is 25.2 Å². The van der Waals surface area contributed by atoms with Crippen LogP contribution in [0.2, 0.25) is 0 Å².